The molecule has 0 fully saturated rings. The van der Waals surface area contributed by atoms with E-state index in [4.69, 9.17) is 23.2 Å². The molecule has 1 N–H and O–H groups in total. The summed E-state index contributed by atoms with van der Waals surface area (Å²) in [6.07, 6.45) is 1.39. The number of rotatable bonds is 7. The average molecular weight is 395 g/mol. The second-order valence-corrected chi connectivity index (χ2v) is 8.80. The molecule has 24 heavy (non-hydrogen) atoms. The zero-order chi connectivity index (χ0) is 18.7. The Labute approximate surface area is 154 Å². The molecule has 0 unspecified atom stereocenters. The van der Waals surface area contributed by atoms with Gasteiger partial charge in [-0.25, -0.2) is 8.42 Å². The molecule has 0 radical (unpaired) electrons. The number of nitrogens with one attached hydrogen (secondary N) is 1. The monoisotopic (exact) mass is 394 g/mol. The van der Waals surface area contributed by atoms with E-state index in [0.717, 1.165) is 10.6 Å². The molecule has 0 aliphatic heterocycles. The summed E-state index contributed by atoms with van der Waals surface area (Å²) >= 11 is 11.9. The molecule has 136 valence electrons. The maximum Gasteiger partial charge on any atom is 0.244 e. The lowest BCUT2D eigenvalue weighted by molar-refractivity contribution is -0.123. The lowest BCUT2D eigenvalue weighted by Crippen LogP contribution is -2.52. The van der Waals surface area contributed by atoms with E-state index in [1.54, 1.807) is 6.92 Å². The van der Waals surface area contributed by atoms with Crippen LogP contribution in [0, 0.1) is 5.92 Å². The van der Waals surface area contributed by atoms with Gasteiger partial charge < -0.3 is 5.32 Å². The Morgan fingerprint density at radius 1 is 1.21 bits per heavy atom. The van der Waals surface area contributed by atoms with Crippen molar-refractivity contribution < 1.29 is 13.2 Å². The number of halogens is 2. The highest BCUT2D eigenvalue weighted by molar-refractivity contribution is 7.92. The summed E-state index contributed by atoms with van der Waals surface area (Å²) in [7, 11) is -3.69. The molecule has 1 aromatic carbocycles. The van der Waals surface area contributed by atoms with Crippen molar-refractivity contribution in [2.75, 3.05) is 10.6 Å². The predicted molar refractivity (Wildman–Crippen MR) is 100 cm³/mol. The Bertz CT molecular complexity index is 693. The zero-order valence-electron chi connectivity index (χ0n) is 14.5. The van der Waals surface area contributed by atoms with Crippen LogP contribution in [0.1, 0.15) is 34.1 Å². The Kier molecular flexibility index (Phi) is 7.38. The maximum absolute atomic E-state index is 12.6. The Hall–Kier alpha value is -0.980. The molecular formula is C16H24Cl2N2O3S. The van der Waals surface area contributed by atoms with Gasteiger partial charge in [0, 0.05) is 6.04 Å². The van der Waals surface area contributed by atoms with Crippen LogP contribution < -0.4 is 9.62 Å². The second-order valence-electron chi connectivity index (χ2n) is 6.12. The molecule has 5 nitrogen and oxygen atoms in total. The van der Waals surface area contributed by atoms with Crippen LogP contribution in [0.15, 0.2) is 18.2 Å². The molecule has 0 aliphatic carbocycles. The molecule has 0 saturated carbocycles. The van der Waals surface area contributed by atoms with Crippen molar-refractivity contribution in [3.8, 4) is 0 Å². The standard InChI is InChI=1S/C16H24Cl2N2O3S/c1-6-15(16(21)19-11(4)10(2)3)20(24(5,22)23)12-7-8-13(17)14(18)9-12/h7-11,15H,6H2,1-5H3,(H,19,21)/t11-,15-/m1/s1. The topological polar surface area (TPSA) is 66.5 Å². The Balaban J connectivity index is 3.27. The van der Waals surface area contributed by atoms with E-state index in [1.807, 2.05) is 20.8 Å². The molecule has 1 rings (SSSR count). The minimum Gasteiger partial charge on any atom is -0.352 e. The van der Waals surface area contributed by atoms with Gasteiger partial charge in [0.2, 0.25) is 15.9 Å². The molecule has 0 saturated heterocycles. The lowest BCUT2D eigenvalue weighted by atomic mass is 10.1. The van der Waals surface area contributed by atoms with Gasteiger partial charge in [-0.05, 0) is 37.5 Å². The molecule has 8 heteroatoms. The number of sulfonamides is 1. The minimum absolute atomic E-state index is 0.0678. The molecule has 2 atom stereocenters. The van der Waals surface area contributed by atoms with Crippen molar-refractivity contribution >= 4 is 44.8 Å². The van der Waals surface area contributed by atoms with E-state index in [9.17, 15) is 13.2 Å². The third-order valence-electron chi connectivity index (χ3n) is 3.86. The normalized spacial score (nSPS) is 14.3. The molecule has 0 heterocycles. The third kappa shape index (κ3) is 5.26. The first-order valence-electron chi connectivity index (χ1n) is 7.73. The van der Waals surface area contributed by atoms with E-state index in [2.05, 4.69) is 5.32 Å². The Morgan fingerprint density at radius 3 is 2.21 bits per heavy atom. The van der Waals surface area contributed by atoms with Crippen molar-refractivity contribution in [2.45, 2.75) is 46.2 Å². The summed E-state index contributed by atoms with van der Waals surface area (Å²) < 4.78 is 25.7. The number of hydrogen-bond donors (Lipinski definition) is 1. The molecule has 0 bridgehead atoms. The van der Waals surface area contributed by atoms with Gasteiger partial charge in [0.05, 0.1) is 22.0 Å². The van der Waals surface area contributed by atoms with Gasteiger partial charge in [-0.2, -0.15) is 0 Å². The summed E-state index contributed by atoms with van der Waals surface area (Å²) in [4.78, 5) is 12.6. The first-order chi connectivity index (χ1) is 11.0. The van der Waals surface area contributed by atoms with E-state index >= 15 is 0 Å². The number of hydrogen-bond acceptors (Lipinski definition) is 3. The maximum atomic E-state index is 12.6. The number of amides is 1. The Morgan fingerprint density at radius 2 is 1.79 bits per heavy atom. The summed E-state index contributed by atoms with van der Waals surface area (Å²) in [5, 5.41) is 3.42. The van der Waals surface area contributed by atoms with Crippen LogP contribution >= 0.6 is 23.2 Å². The summed E-state index contributed by atoms with van der Waals surface area (Å²) in [6, 6.07) is 3.57. The van der Waals surface area contributed by atoms with Crippen LogP contribution in [0.3, 0.4) is 0 Å². The van der Waals surface area contributed by atoms with Crippen molar-refractivity contribution in [2.24, 2.45) is 5.92 Å². The highest BCUT2D eigenvalue weighted by Crippen LogP contribution is 2.30. The van der Waals surface area contributed by atoms with Crippen LogP contribution in [-0.4, -0.2) is 32.7 Å². The highest BCUT2D eigenvalue weighted by Gasteiger charge is 2.32. The fourth-order valence-electron chi connectivity index (χ4n) is 2.17. The predicted octanol–water partition coefficient (Wildman–Crippen LogP) is 3.70. The fourth-order valence-corrected chi connectivity index (χ4v) is 3.67. The van der Waals surface area contributed by atoms with Gasteiger partial charge in [-0.1, -0.05) is 44.0 Å². The number of benzene rings is 1. The van der Waals surface area contributed by atoms with Gasteiger partial charge in [0.1, 0.15) is 6.04 Å². The summed E-state index contributed by atoms with van der Waals surface area (Å²) in [6.45, 7) is 7.62. The summed E-state index contributed by atoms with van der Waals surface area (Å²) in [5.74, 6) is -0.0988. The number of carbonyl (C=O) groups excluding carboxylic acids is 1. The zero-order valence-corrected chi connectivity index (χ0v) is 16.8. The van der Waals surface area contributed by atoms with Gasteiger partial charge >= 0.3 is 0 Å². The molecule has 1 aromatic rings. The van der Waals surface area contributed by atoms with Gasteiger partial charge in [-0.15, -0.1) is 0 Å². The van der Waals surface area contributed by atoms with Gasteiger partial charge in [0.15, 0.2) is 0 Å². The van der Waals surface area contributed by atoms with Gasteiger partial charge in [-0.3, -0.25) is 9.10 Å². The lowest BCUT2D eigenvalue weighted by Gasteiger charge is -2.31. The minimum atomic E-state index is -3.69. The first-order valence-corrected chi connectivity index (χ1v) is 10.3. The summed E-state index contributed by atoms with van der Waals surface area (Å²) in [5.41, 5.74) is 0.311. The molecular weight excluding hydrogens is 371 g/mol. The van der Waals surface area contributed by atoms with Crippen LogP contribution in [0.4, 0.5) is 5.69 Å². The van der Waals surface area contributed by atoms with Crippen LogP contribution in [0.25, 0.3) is 0 Å². The third-order valence-corrected chi connectivity index (χ3v) is 5.78. The smallest absolute Gasteiger partial charge is 0.244 e. The number of nitrogens with zero attached hydrogens (tertiary/aromatic N) is 1. The van der Waals surface area contributed by atoms with Crippen molar-refractivity contribution in [3.63, 3.8) is 0 Å². The van der Waals surface area contributed by atoms with Crippen LogP contribution in [-0.2, 0) is 14.8 Å². The molecule has 0 aromatic heterocycles. The highest BCUT2D eigenvalue weighted by atomic mass is 35.5. The van der Waals surface area contributed by atoms with E-state index in [-0.39, 0.29) is 22.9 Å². The SMILES string of the molecule is CC[C@H](C(=O)N[C@H](C)C(C)C)N(c1ccc(Cl)c(Cl)c1)S(C)(=O)=O. The first kappa shape index (κ1) is 21.1. The average Bonchev–Trinajstić information content (AvgIpc) is 2.46. The van der Waals surface area contributed by atoms with E-state index < -0.39 is 16.1 Å². The van der Waals surface area contributed by atoms with Gasteiger partial charge in [0.25, 0.3) is 0 Å². The second kappa shape index (κ2) is 8.41. The number of anilines is 1. The van der Waals surface area contributed by atoms with Crippen molar-refractivity contribution in [1.82, 2.24) is 5.32 Å². The van der Waals surface area contributed by atoms with Crippen LogP contribution in [0.5, 0.6) is 0 Å². The largest absolute Gasteiger partial charge is 0.352 e. The van der Waals surface area contributed by atoms with E-state index in [0.29, 0.717) is 17.1 Å². The molecule has 0 spiro atoms. The van der Waals surface area contributed by atoms with Crippen LogP contribution in [0.2, 0.25) is 10.0 Å². The number of carbonyl (C=O) groups is 1. The van der Waals surface area contributed by atoms with E-state index in [1.165, 1.54) is 18.2 Å². The fraction of sp³-hybridized carbons (Fsp3) is 0.562. The molecule has 0 aliphatic rings. The van der Waals surface area contributed by atoms with Crippen molar-refractivity contribution in [3.05, 3.63) is 28.2 Å². The van der Waals surface area contributed by atoms with Crippen molar-refractivity contribution in [1.29, 1.82) is 0 Å². The molecule has 1 amide bonds. The quantitative estimate of drug-likeness (QED) is 0.766.